The molecule has 0 unspecified atom stereocenters. The highest BCUT2D eigenvalue weighted by Gasteiger charge is 2.09. The molecule has 0 fully saturated rings. The summed E-state index contributed by atoms with van der Waals surface area (Å²) in [5.74, 6) is 0. The monoisotopic (exact) mass is 255 g/mol. The van der Waals surface area contributed by atoms with Crippen LogP contribution in [0.3, 0.4) is 0 Å². The quantitative estimate of drug-likeness (QED) is 0.745. The van der Waals surface area contributed by atoms with Gasteiger partial charge in [-0.3, -0.25) is 0 Å². The molecular formula is C15H13NOS. The third-order valence-corrected chi connectivity index (χ3v) is 4.26. The Morgan fingerprint density at radius 3 is 2.44 bits per heavy atom. The lowest BCUT2D eigenvalue weighted by atomic mass is 10.2. The van der Waals surface area contributed by atoms with Crippen molar-refractivity contribution in [2.24, 2.45) is 0 Å². The first-order chi connectivity index (χ1) is 8.74. The zero-order valence-electron chi connectivity index (χ0n) is 10.0. The molecule has 1 N–H and O–H groups in total. The van der Waals surface area contributed by atoms with E-state index in [2.05, 4.69) is 4.98 Å². The zero-order chi connectivity index (χ0) is 12.5. The fourth-order valence-corrected chi connectivity index (χ4v) is 3.01. The number of aromatic amines is 1. The molecule has 1 heterocycles. The largest absolute Gasteiger partial charge is 0.347 e. The van der Waals surface area contributed by atoms with Crippen molar-refractivity contribution in [3.05, 3.63) is 60.2 Å². The van der Waals surface area contributed by atoms with Crippen LogP contribution in [0.5, 0.6) is 0 Å². The summed E-state index contributed by atoms with van der Waals surface area (Å²) in [7, 11) is -1.14. The third-order valence-electron chi connectivity index (χ3n) is 2.94. The van der Waals surface area contributed by atoms with Crippen molar-refractivity contribution in [3.63, 3.8) is 0 Å². The molecular weight excluding hydrogens is 242 g/mol. The van der Waals surface area contributed by atoms with Crippen molar-refractivity contribution >= 4 is 21.7 Å². The second-order valence-corrected chi connectivity index (χ2v) is 5.75. The number of para-hydroxylation sites is 1. The molecule has 90 valence electrons. The van der Waals surface area contributed by atoms with Crippen LogP contribution in [0.2, 0.25) is 0 Å². The number of aromatic nitrogens is 1. The molecule has 0 bridgehead atoms. The van der Waals surface area contributed by atoms with E-state index in [0.717, 1.165) is 20.8 Å². The average molecular weight is 255 g/mol. The summed E-state index contributed by atoms with van der Waals surface area (Å²) in [5, 5.41) is 1.84. The van der Waals surface area contributed by atoms with Crippen LogP contribution in [0.4, 0.5) is 0 Å². The highest BCUT2D eigenvalue weighted by Crippen LogP contribution is 2.21. The van der Waals surface area contributed by atoms with Gasteiger partial charge in [-0.15, -0.1) is 0 Å². The Balaban J connectivity index is 2.03. The number of hydrogen-bond acceptors (Lipinski definition) is 1. The number of fused-ring (bicyclic) bond motifs is 1. The molecule has 0 aliphatic carbocycles. The number of nitrogens with one attached hydrogen (secondary N) is 1. The van der Waals surface area contributed by atoms with Crippen LogP contribution < -0.4 is 0 Å². The second kappa shape index (κ2) is 4.42. The molecule has 0 aliphatic rings. The van der Waals surface area contributed by atoms with E-state index in [0.29, 0.717) is 0 Å². The van der Waals surface area contributed by atoms with Crippen molar-refractivity contribution in [2.75, 3.05) is 0 Å². The average Bonchev–Trinajstić information content (AvgIpc) is 2.82. The lowest BCUT2D eigenvalue weighted by Crippen LogP contribution is -1.92. The van der Waals surface area contributed by atoms with E-state index in [4.69, 9.17) is 0 Å². The Kier molecular flexibility index (Phi) is 2.76. The first kappa shape index (κ1) is 11.2. The molecule has 0 saturated heterocycles. The van der Waals surface area contributed by atoms with Crippen molar-refractivity contribution in [3.8, 4) is 0 Å². The van der Waals surface area contributed by atoms with E-state index in [1.54, 1.807) is 0 Å². The van der Waals surface area contributed by atoms with Crippen LogP contribution in [0.1, 0.15) is 5.56 Å². The van der Waals surface area contributed by atoms with Gasteiger partial charge in [0.2, 0.25) is 0 Å². The summed E-state index contributed by atoms with van der Waals surface area (Å²) in [6.07, 6.45) is 0. The van der Waals surface area contributed by atoms with Gasteiger partial charge in [-0.2, -0.15) is 0 Å². The van der Waals surface area contributed by atoms with Gasteiger partial charge in [-0.1, -0.05) is 35.9 Å². The number of aryl methyl sites for hydroxylation is 1. The van der Waals surface area contributed by atoms with E-state index in [1.165, 1.54) is 5.56 Å². The Labute approximate surface area is 108 Å². The molecule has 1 atom stereocenters. The number of rotatable bonds is 2. The summed E-state index contributed by atoms with van der Waals surface area (Å²) < 4.78 is 12.4. The molecule has 0 amide bonds. The van der Waals surface area contributed by atoms with Crippen LogP contribution in [0, 0.1) is 6.92 Å². The first-order valence-corrected chi connectivity index (χ1v) is 6.95. The number of H-pyrrole nitrogens is 1. The fourth-order valence-electron chi connectivity index (χ4n) is 1.94. The van der Waals surface area contributed by atoms with Crippen LogP contribution >= 0.6 is 0 Å². The Hall–Kier alpha value is -1.87. The molecule has 2 nitrogen and oxygen atoms in total. The van der Waals surface area contributed by atoms with Gasteiger partial charge < -0.3 is 4.98 Å². The van der Waals surface area contributed by atoms with E-state index < -0.39 is 10.8 Å². The Morgan fingerprint density at radius 1 is 1.00 bits per heavy atom. The predicted octanol–water partition coefficient (Wildman–Crippen LogP) is 3.64. The smallest absolute Gasteiger partial charge is 0.110 e. The highest BCUT2D eigenvalue weighted by atomic mass is 32.2. The zero-order valence-corrected chi connectivity index (χ0v) is 10.8. The summed E-state index contributed by atoms with van der Waals surface area (Å²) >= 11 is 0. The van der Waals surface area contributed by atoms with Crippen LogP contribution in [0.15, 0.2) is 64.5 Å². The first-order valence-electron chi connectivity index (χ1n) is 5.80. The summed E-state index contributed by atoms with van der Waals surface area (Å²) in [6, 6.07) is 17.7. The third kappa shape index (κ3) is 1.97. The summed E-state index contributed by atoms with van der Waals surface area (Å²) in [5.41, 5.74) is 2.19. The molecule has 2 aromatic carbocycles. The van der Waals surface area contributed by atoms with Crippen LogP contribution in [-0.4, -0.2) is 9.19 Å². The van der Waals surface area contributed by atoms with Gasteiger partial charge in [0.15, 0.2) is 0 Å². The van der Waals surface area contributed by atoms with Crippen molar-refractivity contribution in [1.29, 1.82) is 0 Å². The van der Waals surface area contributed by atoms with Gasteiger partial charge in [0.05, 0.1) is 0 Å². The number of hydrogen-bond donors (Lipinski definition) is 1. The van der Waals surface area contributed by atoms with Crippen LogP contribution in [-0.2, 0) is 10.8 Å². The molecule has 0 aliphatic heterocycles. The maximum atomic E-state index is 12.4. The minimum atomic E-state index is -1.14. The van der Waals surface area contributed by atoms with E-state index >= 15 is 0 Å². The summed E-state index contributed by atoms with van der Waals surface area (Å²) in [4.78, 5) is 4.03. The molecule has 18 heavy (non-hydrogen) atoms. The number of benzene rings is 2. The van der Waals surface area contributed by atoms with E-state index in [9.17, 15) is 4.21 Å². The molecule has 3 rings (SSSR count). The van der Waals surface area contributed by atoms with Gasteiger partial charge >= 0.3 is 0 Å². The molecule has 0 saturated carbocycles. The van der Waals surface area contributed by atoms with E-state index in [1.807, 2.05) is 61.5 Å². The molecule has 0 radical (unpaired) electrons. The maximum Gasteiger partial charge on any atom is 0.110 e. The Morgan fingerprint density at radius 2 is 1.72 bits per heavy atom. The van der Waals surface area contributed by atoms with Gasteiger partial charge in [-0.25, -0.2) is 4.21 Å². The van der Waals surface area contributed by atoms with Crippen molar-refractivity contribution in [2.45, 2.75) is 16.8 Å². The topological polar surface area (TPSA) is 32.9 Å². The fraction of sp³-hybridized carbons (Fsp3) is 0.0667. The van der Waals surface area contributed by atoms with Gasteiger partial charge in [0.1, 0.15) is 15.8 Å². The van der Waals surface area contributed by atoms with Gasteiger partial charge in [0.25, 0.3) is 0 Å². The standard InChI is InChI=1S/C15H13NOS/c1-11-6-8-13(9-7-11)18(17)15-10-12-4-2-3-5-14(12)16-15/h2-10,16H,1H3/t18-/m0/s1. The Bertz CT molecular complexity index is 680. The summed E-state index contributed by atoms with van der Waals surface area (Å²) in [6.45, 7) is 2.02. The second-order valence-electron chi connectivity index (χ2n) is 4.30. The normalized spacial score (nSPS) is 12.7. The minimum absolute atomic E-state index is 0.750. The van der Waals surface area contributed by atoms with Crippen molar-refractivity contribution < 1.29 is 4.21 Å². The lowest BCUT2D eigenvalue weighted by molar-refractivity contribution is 0.681. The molecule has 3 aromatic rings. The maximum absolute atomic E-state index is 12.4. The minimum Gasteiger partial charge on any atom is -0.347 e. The molecule has 3 heteroatoms. The predicted molar refractivity (Wildman–Crippen MR) is 74.2 cm³/mol. The lowest BCUT2D eigenvalue weighted by Gasteiger charge is -1.99. The molecule has 0 spiro atoms. The van der Waals surface area contributed by atoms with Gasteiger partial charge in [0, 0.05) is 15.8 Å². The van der Waals surface area contributed by atoms with E-state index in [-0.39, 0.29) is 0 Å². The molecule has 1 aromatic heterocycles. The van der Waals surface area contributed by atoms with Crippen molar-refractivity contribution in [1.82, 2.24) is 4.98 Å². The van der Waals surface area contributed by atoms with Gasteiger partial charge in [-0.05, 0) is 31.2 Å². The SMILES string of the molecule is Cc1ccc([S@](=O)c2cc3ccccc3[nH]2)cc1. The van der Waals surface area contributed by atoms with Crippen LogP contribution in [0.25, 0.3) is 10.9 Å². The highest BCUT2D eigenvalue weighted by molar-refractivity contribution is 7.85.